The van der Waals surface area contributed by atoms with E-state index in [0.29, 0.717) is 26.3 Å². The molecular weight excluding hydrogens is 297 g/mol. The van der Waals surface area contributed by atoms with Crippen molar-refractivity contribution in [1.82, 2.24) is 15.1 Å². The van der Waals surface area contributed by atoms with Crippen LogP contribution in [0.5, 0.6) is 0 Å². The van der Waals surface area contributed by atoms with Crippen LogP contribution in [0.1, 0.15) is 18.5 Å². The van der Waals surface area contributed by atoms with Gasteiger partial charge in [0.2, 0.25) is 5.91 Å². The third-order valence-corrected chi connectivity index (χ3v) is 4.71. The number of halogens is 1. The first-order chi connectivity index (χ1) is 11.2. The van der Waals surface area contributed by atoms with Crippen LogP contribution in [0.3, 0.4) is 0 Å². The van der Waals surface area contributed by atoms with E-state index in [4.69, 9.17) is 4.74 Å². The van der Waals surface area contributed by atoms with E-state index in [0.717, 1.165) is 25.2 Å². The number of carbonyl (C=O) groups is 1. The summed E-state index contributed by atoms with van der Waals surface area (Å²) >= 11 is 0. The summed E-state index contributed by atoms with van der Waals surface area (Å²) in [6, 6.07) is 6.26. The van der Waals surface area contributed by atoms with Crippen molar-refractivity contribution in [2.45, 2.75) is 19.0 Å². The lowest BCUT2D eigenvalue weighted by Gasteiger charge is -2.40. The second kappa shape index (κ2) is 7.38. The largest absolute Gasteiger partial charge is 0.379 e. The number of piperazine rings is 1. The fraction of sp³-hybridized carbons (Fsp3) is 0.588. The van der Waals surface area contributed by atoms with E-state index in [1.54, 1.807) is 6.07 Å². The van der Waals surface area contributed by atoms with Crippen molar-refractivity contribution >= 4 is 5.91 Å². The molecule has 2 saturated heterocycles. The lowest BCUT2D eigenvalue weighted by Crippen LogP contribution is -2.56. The minimum Gasteiger partial charge on any atom is -0.379 e. The average Bonchev–Trinajstić information content (AvgIpc) is 2.61. The third-order valence-electron chi connectivity index (χ3n) is 4.71. The molecule has 0 spiro atoms. The van der Waals surface area contributed by atoms with Gasteiger partial charge in [-0.2, -0.15) is 0 Å². The highest BCUT2D eigenvalue weighted by atomic mass is 19.1. The standard InChI is InChI=1S/C17H24FN3O2/c1-13(20-7-9-23-10-8-20)17(22)21-6-5-19-12-16(21)14-3-2-4-15(18)11-14/h2-4,11,13,16,19H,5-10,12H2,1H3. The molecule has 6 heteroatoms. The summed E-state index contributed by atoms with van der Waals surface area (Å²) in [5.74, 6) is -0.149. The Hall–Kier alpha value is -1.50. The van der Waals surface area contributed by atoms with Crippen molar-refractivity contribution in [3.05, 3.63) is 35.6 Å². The van der Waals surface area contributed by atoms with Gasteiger partial charge in [0.15, 0.2) is 0 Å². The maximum Gasteiger partial charge on any atom is 0.240 e. The highest BCUT2D eigenvalue weighted by molar-refractivity contribution is 5.82. The third kappa shape index (κ3) is 3.71. The molecular formula is C17H24FN3O2. The van der Waals surface area contributed by atoms with Gasteiger partial charge in [-0.05, 0) is 24.6 Å². The minimum atomic E-state index is -0.262. The molecule has 1 aromatic rings. The quantitative estimate of drug-likeness (QED) is 0.903. The van der Waals surface area contributed by atoms with Crippen LogP contribution in [0.25, 0.3) is 0 Å². The van der Waals surface area contributed by atoms with Crippen LogP contribution in [0.2, 0.25) is 0 Å². The molecule has 23 heavy (non-hydrogen) atoms. The van der Waals surface area contributed by atoms with Crippen LogP contribution in [0, 0.1) is 5.82 Å². The van der Waals surface area contributed by atoms with Gasteiger partial charge in [-0.3, -0.25) is 9.69 Å². The van der Waals surface area contributed by atoms with Gasteiger partial charge >= 0.3 is 0 Å². The summed E-state index contributed by atoms with van der Waals surface area (Å²) in [5, 5.41) is 3.31. The van der Waals surface area contributed by atoms with E-state index in [2.05, 4.69) is 10.2 Å². The minimum absolute atomic E-state index is 0.114. The number of nitrogens with one attached hydrogen (secondary N) is 1. The van der Waals surface area contributed by atoms with Crippen LogP contribution in [0.4, 0.5) is 4.39 Å². The molecule has 2 unspecified atom stereocenters. The molecule has 1 N–H and O–H groups in total. The Balaban J connectivity index is 1.76. The number of benzene rings is 1. The number of nitrogens with zero attached hydrogens (tertiary/aromatic N) is 2. The van der Waals surface area contributed by atoms with Gasteiger partial charge < -0.3 is 15.0 Å². The SMILES string of the molecule is CC(C(=O)N1CCNCC1c1cccc(F)c1)N1CCOCC1. The lowest BCUT2D eigenvalue weighted by atomic mass is 10.0. The van der Waals surface area contributed by atoms with E-state index < -0.39 is 0 Å². The summed E-state index contributed by atoms with van der Waals surface area (Å²) in [6.07, 6.45) is 0. The van der Waals surface area contributed by atoms with Crippen LogP contribution in [-0.2, 0) is 9.53 Å². The Labute approximate surface area is 136 Å². The van der Waals surface area contributed by atoms with E-state index in [1.165, 1.54) is 12.1 Å². The van der Waals surface area contributed by atoms with Crippen molar-refractivity contribution in [3.8, 4) is 0 Å². The van der Waals surface area contributed by atoms with Crippen molar-refractivity contribution < 1.29 is 13.9 Å². The highest BCUT2D eigenvalue weighted by Crippen LogP contribution is 2.24. The molecule has 0 aromatic heterocycles. The molecule has 3 rings (SSSR count). The molecule has 0 aliphatic carbocycles. The zero-order chi connectivity index (χ0) is 16.2. The molecule has 1 amide bonds. The number of ether oxygens (including phenoxy) is 1. The Morgan fingerprint density at radius 1 is 1.35 bits per heavy atom. The van der Waals surface area contributed by atoms with Crippen molar-refractivity contribution in [1.29, 1.82) is 0 Å². The average molecular weight is 321 g/mol. The zero-order valence-electron chi connectivity index (χ0n) is 13.5. The van der Waals surface area contributed by atoms with Gasteiger partial charge in [-0.1, -0.05) is 12.1 Å². The molecule has 2 atom stereocenters. The predicted octanol–water partition coefficient (Wildman–Crippen LogP) is 1.02. The van der Waals surface area contributed by atoms with Crippen molar-refractivity contribution in [2.75, 3.05) is 45.9 Å². The normalized spacial score (nSPS) is 24.4. The highest BCUT2D eigenvalue weighted by Gasteiger charge is 2.33. The number of carbonyl (C=O) groups excluding carboxylic acids is 1. The summed E-state index contributed by atoms with van der Waals surface area (Å²) < 4.78 is 18.9. The Kier molecular flexibility index (Phi) is 5.25. The zero-order valence-corrected chi connectivity index (χ0v) is 13.5. The first-order valence-electron chi connectivity index (χ1n) is 8.25. The molecule has 2 aliphatic rings. The molecule has 5 nitrogen and oxygen atoms in total. The van der Waals surface area contributed by atoms with Gasteiger partial charge in [-0.15, -0.1) is 0 Å². The second-order valence-corrected chi connectivity index (χ2v) is 6.13. The van der Waals surface area contributed by atoms with Gasteiger partial charge in [0.05, 0.1) is 25.3 Å². The number of hydrogen-bond acceptors (Lipinski definition) is 4. The molecule has 2 aliphatic heterocycles. The second-order valence-electron chi connectivity index (χ2n) is 6.13. The van der Waals surface area contributed by atoms with Crippen LogP contribution in [-0.4, -0.2) is 67.7 Å². The topological polar surface area (TPSA) is 44.8 Å². The summed E-state index contributed by atoms with van der Waals surface area (Å²) in [5.41, 5.74) is 0.847. The van der Waals surface area contributed by atoms with Gasteiger partial charge in [0, 0.05) is 32.7 Å². The predicted molar refractivity (Wildman–Crippen MR) is 85.6 cm³/mol. The molecule has 2 fully saturated rings. The van der Waals surface area contributed by atoms with Gasteiger partial charge in [0.1, 0.15) is 5.82 Å². The molecule has 1 aromatic carbocycles. The fourth-order valence-corrected chi connectivity index (χ4v) is 3.34. The summed E-state index contributed by atoms with van der Waals surface area (Å²) in [7, 11) is 0. The summed E-state index contributed by atoms with van der Waals surface area (Å²) in [6.45, 7) is 6.94. The van der Waals surface area contributed by atoms with Gasteiger partial charge in [0.25, 0.3) is 0 Å². The maximum atomic E-state index is 13.6. The first-order valence-corrected chi connectivity index (χ1v) is 8.25. The van der Waals surface area contributed by atoms with E-state index >= 15 is 0 Å². The fourth-order valence-electron chi connectivity index (χ4n) is 3.34. The van der Waals surface area contributed by atoms with Crippen LogP contribution >= 0.6 is 0 Å². The maximum absolute atomic E-state index is 13.6. The number of hydrogen-bond donors (Lipinski definition) is 1. The van der Waals surface area contributed by atoms with Gasteiger partial charge in [-0.25, -0.2) is 4.39 Å². The number of rotatable bonds is 3. The number of morpholine rings is 1. The van der Waals surface area contributed by atoms with Crippen LogP contribution in [0.15, 0.2) is 24.3 Å². The van der Waals surface area contributed by atoms with E-state index in [1.807, 2.05) is 17.9 Å². The van der Waals surface area contributed by atoms with E-state index in [9.17, 15) is 9.18 Å². The molecule has 2 heterocycles. The smallest absolute Gasteiger partial charge is 0.240 e. The molecule has 0 radical (unpaired) electrons. The van der Waals surface area contributed by atoms with Crippen molar-refractivity contribution in [2.24, 2.45) is 0 Å². The molecule has 126 valence electrons. The van der Waals surface area contributed by atoms with E-state index in [-0.39, 0.29) is 23.8 Å². The Morgan fingerprint density at radius 2 is 2.13 bits per heavy atom. The first kappa shape index (κ1) is 16.4. The van der Waals surface area contributed by atoms with Crippen molar-refractivity contribution in [3.63, 3.8) is 0 Å². The Morgan fingerprint density at radius 3 is 2.87 bits per heavy atom. The Bertz CT molecular complexity index is 548. The molecule has 0 saturated carbocycles. The lowest BCUT2D eigenvalue weighted by molar-refractivity contribution is -0.141. The summed E-state index contributed by atoms with van der Waals surface area (Å²) in [4.78, 5) is 17.0. The number of amides is 1. The van der Waals surface area contributed by atoms with Crippen LogP contribution < -0.4 is 5.32 Å². The monoisotopic (exact) mass is 321 g/mol. The molecule has 0 bridgehead atoms.